The van der Waals surface area contributed by atoms with Crippen LogP contribution in [0.15, 0.2) is 0 Å². The molecular formula is C8H11Cl3O7. The Morgan fingerprint density at radius 1 is 1.17 bits per heavy atom. The lowest BCUT2D eigenvalue weighted by Gasteiger charge is -2.38. The number of aliphatic carboxylic acids is 1. The van der Waals surface area contributed by atoms with Crippen molar-refractivity contribution < 1.29 is 34.7 Å². The molecule has 1 rings (SSSR count). The number of alkyl halides is 3. The Morgan fingerprint density at radius 2 is 1.72 bits per heavy atom. The lowest BCUT2D eigenvalue weighted by molar-refractivity contribution is -0.293. The fraction of sp³-hybridized carbons (Fsp3) is 0.875. The van der Waals surface area contributed by atoms with Crippen molar-refractivity contribution in [1.29, 1.82) is 0 Å². The molecule has 0 spiro atoms. The number of hydrogen-bond acceptors (Lipinski definition) is 6. The monoisotopic (exact) mass is 324 g/mol. The van der Waals surface area contributed by atoms with Crippen LogP contribution < -0.4 is 0 Å². The molecule has 0 radical (unpaired) electrons. The molecule has 106 valence electrons. The van der Waals surface area contributed by atoms with Crippen LogP contribution in [-0.2, 0) is 14.3 Å². The Bertz CT molecular complexity index is 308. The summed E-state index contributed by atoms with van der Waals surface area (Å²) in [5, 5.41) is 37.1. The molecule has 7 nitrogen and oxygen atoms in total. The summed E-state index contributed by atoms with van der Waals surface area (Å²) in [4.78, 5) is 10.8. The number of aliphatic hydroxyl groups is 3. The van der Waals surface area contributed by atoms with Crippen LogP contribution in [0.3, 0.4) is 0 Å². The van der Waals surface area contributed by atoms with Gasteiger partial charge in [0.05, 0.1) is 6.61 Å². The molecule has 1 saturated heterocycles. The first-order chi connectivity index (χ1) is 8.13. The number of aliphatic hydroxyl groups excluding tert-OH is 3. The SMILES string of the molecule is O=C(O)[C@@H]1O[C@@H](OCC(Cl)(Cl)Cl)[C@H](O)[C@H](O)[C@H]1O. The van der Waals surface area contributed by atoms with Crippen molar-refractivity contribution in [2.75, 3.05) is 6.61 Å². The number of ether oxygens (including phenoxy) is 2. The van der Waals surface area contributed by atoms with Gasteiger partial charge < -0.3 is 29.9 Å². The molecule has 0 bridgehead atoms. The number of carbonyl (C=O) groups is 1. The largest absolute Gasteiger partial charge is 0.479 e. The fourth-order valence-electron chi connectivity index (χ4n) is 1.37. The van der Waals surface area contributed by atoms with E-state index >= 15 is 0 Å². The average Bonchev–Trinajstić information content (AvgIpc) is 2.23. The molecule has 0 saturated carbocycles. The standard InChI is InChI=1S/C8H11Cl3O7/c9-8(10,11)1-17-7-4(14)2(12)3(13)5(18-7)6(15)16/h2-5,7,12-14H,1H2,(H,15,16)/t2-,3-,4-,5-,7-/m1/s1. The molecule has 1 heterocycles. The minimum atomic E-state index is -1.79. The first-order valence-electron chi connectivity index (χ1n) is 4.74. The normalized spacial score (nSPS) is 37.6. The molecular weight excluding hydrogens is 314 g/mol. The predicted octanol–water partition coefficient (Wildman–Crippen LogP) is -0.735. The zero-order chi connectivity index (χ0) is 14.1. The van der Waals surface area contributed by atoms with Crippen LogP contribution >= 0.6 is 34.8 Å². The molecule has 0 unspecified atom stereocenters. The summed E-state index contributed by atoms with van der Waals surface area (Å²) in [6, 6.07) is 0. The molecule has 1 aliphatic rings. The van der Waals surface area contributed by atoms with Crippen molar-refractivity contribution in [2.24, 2.45) is 0 Å². The maximum atomic E-state index is 10.8. The van der Waals surface area contributed by atoms with Gasteiger partial charge in [0.2, 0.25) is 3.79 Å². The molecule has 1 aliphatic heterocycles. The van der Waals surface area contributed by atoms with Crippen molar-refractivity contribution in [2.45, 2.75) is 34.5 Å². The second kappa shape index (κ2) is 6.06. The Morgan fingerprint density at radius 3 is 2.17 bits per heavy atom. The minimum absolute atomic E-state index is 0.492. The number of halogens is 3. The topological polar surface area (TPSA) is 116 Å². The summed E-state index contributed by atoms with van der Waals surface area (Å²) in [7, 11) is 0. The van der Waals surface area contributed by atoms with Gasteiger partial charge in [-0.2, -0.15) is 0 Å². The zero-order valence-electron chi connectivity index (χ0n) is 8.74. The van der Waals surface area contributed by atoms with Gasteiger partial charge >= 0.3 is 5.97 Å². The van der Waals surface area contributed by atoms with Crippen LogP contribution in [0.1, 0.15) is 0 Å². The van der Waals surface area contributed by atoms with Gasteiger partial charge in [-0.25, -0.2) is 4.79 Å². The first-order valence-corrected chi connectivity index (χ1v) is 5.87. The third-order valence-electron chi connectivity index (χ3n) is 2.22. The van der Waals surface area contributed by atoms with Crippen LogP contribution in [0.2, 0.25) is 0 Å². The quantitative estimate of drug-likeness (QED) is 0.505. The highest BCUT2D eigenvalue weighted by Crippen LogP contribution is 2.29. The molecule has 0 aromatic rings. The summed E-state index contributed by atoms with van der Waals surface area (Å²) in [5.74, 6) is -1.52. The van der Waals surface area contributed by atoms with Gasteiger partial charge in [-0.1, -0.05) is 34.8 Å². The highest BCUT2D eigenvalue weighted by Gasteiger charge is 2.47. The van der Waals surface area contributed by atoms with Crippen molar-refractivity contribution in [3.05, 3.63) is 0 Å². The fourth-order valence-corrected chi connectivity index (χ4v) is 1.56. The lowest BCUT2D eigenvalue weighted by atomic mass is 9.99. The van der Waals surface area contributed by atoms with E-state index in [2.05, 4.69) is 0 Å². The van der Waals surface area contributed by atoms with Crippen molar-refractivity contribution in [3.63, 3.8) is 0 Å². The molecule has 4 N–H and O–H groups in total. The Balaban J connectivity index is 2.70. The van der Waals surface area contributed by atoms with Crippen LogP contribution in [0, 0.1) is 0 Å². The molecule has 18 heavy (non-hydrogen) atoms. The van der Waals surface area contributed by atoms with E-state index in [-0.39, 0.29) is 0 Å². The van der Waals surface area contributed by atoms with E-state index in [4.69, 9.17) is 49.4 Å². The third kappa shape index (κ3) is 4.07. The van der Waals surface area contributed by atoms with E-state index in [0.717, 1.165) is 0 Å². The summed E-state index contributed by atoms with van der Waals surface area (Å²) < 4.78 is 7.85. The molecule has 5 atom stereocenters. The molecule has 10 heteroatoms. The van der Waals surface area contributed by atoms with Gasteiger partial charge in [0.15, 0.2) is 12.4 Å². The first kappa shape index (κ1) is 16.2. The molecule has 1 fully saturated rings. The van der Waals surface area contributed by atoms with E-state index in [1.807, 2.05) is 0 Å². The van der Waals surface area contributed by atoms with Gasteiger partial charge in [0.1, 0.15) is 18.3 Å². The van der Waals surface area contributed by atoms with Crippen LogP contribution in [-0.4, -0.2) is 67.5 Å². The summed E-state index contributed by atoms with van der Waals surface area (Å²) in [6.07, 6.45) is -8.47. The molecule has 0 aliphatic carbocycles. The Kier molecular flexibility index (Phi) is 5.45. The van der Waals surface area contributed by atoms with E-state index in [9.17, 15) is 20.1 Å². The zero-order valence-corrected chi connectivity index (χ0v) is 11.0. The highest BCUT2D eigenvalue weighted by molar-refractivity contribution is 6.67. The van der Waals surface area contributed by atoms with Gasteiger partial charge in [-0.05, 0) is 0 Å². The summed E-state index contributed by atoms with van der Waals surface area (Å²) in [5.41, 5.74) is 0. The highest BCUT2D eigenvalue weighted by atomic mass is 35.6. The number of rotatable bonds is 3. The number of carboxylic acid groups (broad SMARTS) is 1. The number of hydrogen-bond donors (Lipinski definition) is 4. The van der Waals surface area contributed by atoms with Gasteiger partial charge in [0, 0.05) is 0 Å². The van der Waals surface area contributed by atoms with Crippen molar-refractivity contribution >= 4 is 40.8 Å². The van der Waals surface area contributed by atoms with E-state index in [1.165, 1.54) is 0 Å². The van der Waals surface area contributed by atoms with Gasteiger partial charge in [-0.15, -0.1) is 0 Å². The predicted molar refractivity (Wildman–Crippen MR) is 60.6 cm³/mol. The van der Waals surface area contributed by atoms with E-state index in [0.29, 0.717) is 0 Å². The van der Waals surface area contributed by atoms with Crippen LogP contribution in [0.25, 0.3) is 0 Å². The summed E-state index contributed by atoms with van der Waals surface area (Å²) in [6.45, 7) is -0.492. The molecule has 0 amide bonds. The molecule has 0 aromatic carbocycles. The number of carboxylic acids is 1. The minimum Gasteiger partial charge on any atom is -0.479 e. The Hall–Kier alpha value is 0.140. The molecule has 0 aromatic heterocycles. The maximum absolute atomic E-state index is 10.8. The van der Waals surface area contributed by atoms with Gasteiger partial charge in [-0.3, -0.25) is 0 Å². The van der Waals surface area contributed by atoms with Gasteiger partial charge in [0.25, 0.3) is 0 Å². The van der Waals surface area contributed by atoms with Crippen molar-refractivity contribution in [1.82, 2.24) is 0 Å². The third-order valence-corrected chi connectivity index (χ3v) is 2.55. The van der Waals surface area contributed by atoms with E-state index < -0.39 is 47.1 Å². The maximum Gasteiger partial charge on any atom is 0.335 e. The smallest absolute Gasteiger partial charge is 0.335 e. The van der Waals surface area contributed by atoms with Crippen LogP contribution in [0.4, 0.5) is 0 Å². The lowest BCUT2D eigenvalue weighted by Crippen LogP contribution is -2.60. The average molecular weight is 326 g/mol. The summed E-state index contributed by atoms with van der Waals surface area (Å²) >= 11 is 16.2. The van der Waals surface area contributed by atoms with Crippen LogP contribution in [0.5, 0.6) is 0 Å². The Labute approximate surface area is 117 Å². The van der Waals surface area contributed by atoms with E-state index in [1.54, 1.807) is 0 Å². The second-order valence-electron chi connectivity index (χ2n) is 3.66. The second-order valence-corrected chi connectivity index (χ2v) is 6.18. The van der Waals surface area contributed by atoms with Crippen molar-refractivity contribution in [3.8, 4) is 0 Å².